The van der Waals surface area contributed by atoms with E-state index < -0.39 is 6.10 Å². The van der Waals surface area contributed by atoms with Gasteiger partial charge in [0.1, 0.15) is 11.9 Å². The minimum atomic E-state index is -0.903. The number of aliphatic hydroxyl groups is 2. The maximum atomic E-state index is 8.69. The van der Waals surface area contributed by atoms with Crippen molar-refractivity contribution in [3.63, 3.8) is 0 Å². The molecule has 2 N–H and O–H groups in total. The van der Waals surface area contributed by atoms with E-state index in [0.717, 1.165) is 0 Å². The lowest BCUT2D eigenvalue weighted by Crippen LogP contribution is -2.04. The van der Waals surface area contributed by atoms with Gasteiger partial charge in [0, 0.05) is 0 Å². The smallest absolute Gasteiger partial charge is 0.128 e. The molecule has 0 amide bonds. The standard InChI is InChI=1S/C6H10O2/c1-3-5(7)6(8)4-2/h3-5,7-8H,1H2,2H3. The number of hydrogen-bond acceptors (Lipinski definition) is 2. The largest absolute Gasteiger partial charge is 0.510 e. The maximum Gasteiger partial charge on any atom is 0.128 e. The summed E-state index contributed by atoms with van der Waals surface area (Å²) in [7, 11) is 0. The average molecular weight is 114 g/mol. The second-order valence-corrected chi connectivity index (χ2v) is 1.39. The molecule has 0 saturated heterocycles. The van der Waals surface area contributed by atoms with Gasteiger partial charge >= 0.3 is 0 Å². The quantitative estimate of drug-likeness (QED) is 0.415. The molecule has 1 unspecified atom stereocenters. The van der Waals surface area contributed by atoms with Crippen LogP contribution in [0.5, 0.6) is 0 Å². The second-order valence-electron chi connectivity index (χ2n) is 1.39. The Morgan fingerprint density at radius 1 is 1.75 bits per heavy atom. The summed E-state index contributed by atoms with van der Waals surface area (Å²) in [6.45, 7) is 4.92. The van der Waals surface area contributed by atoms with Crippen molar-refractivity contribution >= 4 is 0 Å². The number of hydrogen-bond donors (Lipinski definition) is 2. The summed E-state index contributed by atoms with van der Waals surface area (Å²) in [4.78, 5) is 0. The summed E-state index contributed by atoms with van der Waals surface area (Å²) in [5.74, 6) is -0.0556. The fourth-order valence-corrected chi connectivity index (χ4v) is 0.292. The first-order valence-electron chi connectivity index (χ1n) is 2.38. The molecule has 2 nitrogen and oxygen atoms in total. The van der Waals surface area contributed by atoms with E-state index in [1.54, 1.807) is 6.92 Å². The highest BCUT2D eigenvalue weighted by Crippen LogP contribution is 1.96. The topological polar surface area (TPSA) is 40.5 Å². The molecule has 2 heteroatoms. The van der Waals surface area contributed by atoms with Crippen LogP contribution in [-0.2, 0) is 0 Å². The van der Waals surface area contributed by atoms with Crippen molar-refractivity contribution in [2.24, 2.45) is 0 Å². The summed E-state index contributed by atoms with van der Waals surface area (Å²) < 4.78 is 0. The summed E-state index contributed by atoms with van der Waals surface area (Å²) in [5.41, 5.74) is 0. The van der Waals surface area contributed by atoms with E-state index >= 15 is 0 Å². The minimum absolute atomic E-state index is 0.0556. The maximum absolute atomic E-state index is 8.69. The van der Waals surface area contributed by atoms with E-state index in [1.165, 1.54) is 12.2 Å². The number of rotatable bonds is 2. The third kappa shape index (κ3) is 1.80. The van der Waals surface area contributed by atoms with Crippen LogP contribution >= 0.6 is 0 Å². The van der Waals surface area contributed by atoms with Gasteiger partial charge in [-0.25, -0.2) is 0 Å². The summed E-state index contributed by atoms with van der Waals surface area (Å²) >= 11 is 0. The minimum Gasteiger partial charge on any atom is -0.510 e. The van der Waals surface area contributed by atoms with Gasteiger partial charge in [-0.3, -0.25) is 0 Å². The van der Waals surface area contributed by atoms with Crippen LogP contribution in [0.15, 0.2) is 24.5 Å². The molecule has 0 aliphatic heterocycles. The third-order valence-corrected chi connectivity index (χ3v) is 0.822. The SMILES string of the molecule is C=CC(O)C(O)=CC. The molecule has 0 bridgehead atoms. The average Bonchev–Trinajstić information content (AvgIpc) is 1.84. The first-order chi connectivity index (χ1) is 3.72. The van der Waals surface area contributed by atoms with Gasteiger partial charge in [0.15, 0.2) is 0 Å². The lowest BCUT2D eigenvalue weighted by atomic mass is 10.3. The Hall–Kier alpha value is -0.760. The van der Waals surface area contributed by atoms with Gasteiger partial charge in [-0.15, -0.1) is 6.58 Å². The van der Waals surface area contributed by atoms with Crippen LogP contribution in [0.25, 0.3) is 0 Å². The van der Waals surface area contributed by atoms with E-state index in [2.05, 4.69) is 6.58 Å². The molecule has 0 aliphatic rings. The molecule has 8 heavy (non-hydrogen) atoms. The fraction of sp³-hybridized carbons (Fsp3) is 0.333. The monoisotopic (exact) mass is 114 g/mol. The van der Waals surface area contributed by atoms with E-state index in [9.17, 15) is 0 Å². The Labute approximate surface area is 48.8 Å². The molecular formula is C6H10O2. The Kier molecular flexibility index (Phi) is 2.96. The van der Waals surface area contributed by atoms with E-state index in [0.29, 0.717) is 0 Å². The zero-order chi connectivity index (χ0) is 6.57. The van der Waals surface area contributed by atoms with Gasteiger partial charge < -0.3 is 10.2 Å². The highest BCUT2D eigenvalue weighted by atomic mass is 16.3. The number of allylic oxidation sites excluding steroid dienone is 1. The van der Waals surface area contributed by atoms with Crippen molar-refractivity contribution in [1.82, 2.24) is 0 Å². The first-order valence-corrected chi connectivity index (χ1v) is 2.38. The normalized spacial score (nSPS) is 15.5. The Morgan fingerprint density at radius 2 is 2.25 bits per heavy atom. The van der Waals surface area contributed by atoms with Crippen molar-refractivity contribution in [2.45, 2.75) is 13.0 Å². The van der Waals surface area contributed by atoms with E-state index in [1.807, 2.05) is 0 Å². The van der Waals surface area contributed by atoms with Crippen LogP contribution in [0.4, 0.5) is 0 Å². The molecular weight excluding hydrogens is 104 g/mol. The zero-order valence-electron chi connectivity index (χ0n) is 4.83. The molecule has 0 spiro atoms. The predicted molar refractivity (Wildman–Crippen MR) is 32.6 cm³/mol. The molecule has 0 rings (SSSR count). The van der Waals surface area contributed by atoms with Crippen LogP contribution in [0.1, 0.15) is 6.92 Å². The highest BCUT2D eigenvalue weighted by Gasteiger charge is 1.99. The Bertz CT molecular complexity index is 105. The molecule has 0 aromatic carbocycles. The molecule has 0 aromatic heterocycles. The van der Waals surface area contributed by atoms with Gasteiger partial charge in [0.25, 0.3) is 0 Å². The molecule has 0 fully saturated rings. The Morgan fingerprint density at radius 3 is 2.38 bits per heavy atom. The highest BCUT2D eigenvalue weighted by molar-refractivity contribution is 5.03. The van der Waals surface area contributed by atoms with Gasteiger partial charge in [-0.2, -0.15) is 0 Å². The van der Waals surface area contributed by atoms with Gasteiger partial charge in [-0.05, 0) is 13.0 Å². The molecule has 0 heterocycles. The fourth-order valence-electron chi connectivity index (χ4n) is 0.292. The first kappa shape index (κ1) is 7.24. The van der Waals surface area contributed by atoms with Gasteiger partial charge in [-0.1, -0.05) is 6.08 Å². The van der Waals surface area contributed by atoms with E-state index in [4.69, 9.17) is 10.2 Å². The molecule has 0 saturated carbocycles. The van der Waals surface area contributed by atoms with Crippen molar-refractivity contribution in [1.29, 1.82) is 0 Å². The molecule has 46 valence electrons. The van der Waals surface area contributed by atoms with Gasteiger partial charge in [0.05, 0.1) is 0 Å². The molecule has 0 radical (unpaired) electrons. The molecule has 0 aromatic rings. The van der Waals surface area contributed by atoms with Crippen LogP contribution in [0.3, 0.4) is 0 Å². The predicted octanol–water partition coefficient (Wildman–Crippen LogP) is 0.995. The van der Waals surface area contributed by atoms with Crippen molar-refractivity contribution in [2.75, 3.05) is 0 Å². The van der Waals surface area contributed by atoms with Crippen molar-refractivity contribution < 1.29 is 10.2 Å². The summed E-state index contributed by atoms with van der Waals surface area (Å²) in [6.07, 6.45) is 1.78. The lowest BCUT2D eigenvalue weighted by molar-refractivity contribution is 0.193. The van der Waals surface area contributed by atoms with Crippen LogP contribution in [-0.4, -0.2) is 16.3 Å². The zero-order valence-corrected chi connectivity index (χ0v) is 4.83. The summed E-state index contributed by atoms with van der Waals surface area (Å²) in [5, 5.41) is 17.4. The van der Waals surface area contributed by atoms with Crippen LogP contribution in [0.2, 0.25) is 0 Å². The van der Waals surface area contributed by atoms with Gasteiger partial charge in [0.2, 0.25) is 0 Å². The van der Waals surface area contributed by atoms with Crippen molar-refractivity contribution in [3.05, 3.63) is 24.5 Å². The third-order valence-electron chi connectivity index (χ3n) is 0.822. The number of aliphatic hydroxyl groups excluding tert-OH is 2. The Balaban J connectivity index is 3.81. The second kappa shape index (κ2) is 3.27. The molecule has 1 atom stereocenters. The van der Waals surface area contributed by atoms with Crippen LogP contribution < -0.4 is 0 Å². The van der Waals surface area contributed by atoms with Crippen LogP contribution in [0, 0.1) is 0 Å². The van der Waals surface area contributed by atoms with E-state index in [-0.39, 0.29) is 5.76 Å². The lowest BCUT2D eigenvalue weighted by Gasteiger charge is -2.00. The molecule has 0 aliphatic carbocycles. The van der Waals surface area contributed by atoms with Crippen molar-refractivity contribution in [3.8, 4) is 0 Å². The summed E-state index contributed by atoms with van der Waals surface area (Å²) in [6, 6.07) is 0.